The highest BCUT2D eigenvalue weighted by Crippen LogP contribution is 2.19. The first-order chi connectivity index (χ1) is 10.2. The van der Waals surface area contributed by atoms with Crippen LogP contribution in [0.5, 0.6) is 5.75 Å². The molecule has 0 radical (unpaired) electrons. The molecule has 1 saturated heterocycles. The Kier molecular flexibility index (Phi) is 6.52. The van der Waals surface area contributed by atoms with Crippen LogP contribution in [0.1, 0.15) is 32.3 Å². The number of rotatable bonds is 6. The zero-order valence-electron chi connectivity index (χ0n) is 13.8. The maximum atomic E-state index is 5.46. The van der Waals surface area contributed by atoms with Crippen molar-refractivity contribution in [3.63, 3.8) is 0 Å². The molecule has 0 amide bonds. The minimum atomic E-state index is 0.634. The van der Waals surface area contributed by atoms with Crippen molar-refractivity contribution in [3.05, 3.63) is 29.8 Å². The highest BCUT2D eigenvalue weighted by Gasteiger charge is 2.21. The van der Waals surface area contributed by atoms with E-state index in [0.29, 0.717) is 6.04 Å². The van der Waals surface area contributed by atoms with Crippen LogP contribution in [0.3, 0.4) is 0 Å². The van der Waals surface area contributed by atoms with Gasteiger partial charge in [0.2, 0.25) is 0 Å². The van der Waals surface area contributed by atoms with Gasteiger partial charge in [-0.05, 0) is 43.5 Å². The van der Waals surface area contributed by atoms with Gasteiger partial charge in [-0.3, -0.25) is 0 Å². The topological polar surface area (TPSA) is 24.5 Å². The van der Waals surface area contributed by atoms with Crippen LogP contribution in [0.2, 0.25) is 0 Å². The van der Waals surface area contributed by atoms with E-state index in [4.69, 9.17) is 4.74 Å². The van der Waals surface area contributed by atoms with E-state index in [9.17, 15) is 0 Å². The molecule has 1 fully saturated rings. The van der Waals surface area contributed by atoms with Crippen molar-refractivity contribution in [2.75, 3.05) is 33.3 Å². The van der Waals surface area contributed by atoms with Gasteiger partial charge >= 0.3 is 0 Å². The minimum absolute atomic E-state index is 0.634. The van der Waals surface area contributed by atoms with Crippen LogP contribution in [0.25, 0.3) is 0 Å². The number of ether oxygens (including phenoxy) is 1. The zero-order chi connectivity index (χ0) is 15.1. The maximum absolute atomic E-state index is 5.46. The van der Waals surface area contributed by atoms with Gasteiger partial charge in [-0.1, -0.05) is 38.5 Å². The lowest BCUT2D eigenvalue weighted by atomic mass is 9.99. The van der Waals surface area contributed by atoms with E-state index >= 15 is 0 Å². The van der Waals surface area contributed by atoms with Gasteiger partial charge in [-0.25, -0.2) is 0 Å². The second kappa shape index (κ2) is 8.40. The fraction of sp³-hybridized carbons (Fsp3) is 0.667. The number of hydrogen-bond acceptors (Lipinski definition) is 3. The van der Waals surface area contributed by atoms with Crippen molar-refractivity contribution in [2.45, 2.75) is 39.2 Å². The lowest BCUT2D eigenvalue weighted by Gasteiger charge is -2.28. The Morgan fingerprint density at radius 3 is 2.95 bits per heavy atom. The van der Waals surface area contributed by atoms with Crippen molar-refractivity contribution in [3.8, 4) is 5.75 Å². The summed E-state index contributed by atoms with van der Waals surface area (Å²) in [6.45, 7) is 9.30. The Balaban J connectivity index is 1.92. The van der Waals surface area contributed by atoms with Crippen LogP contribution in [0.15, 0.2) is 24.3 Å². The third-order valence-corrected chi connectivity index (χ3v) is 4.73. The first-order valence-electron chi connectivity index (χ1n) is 8.32. The van der Waals surface area contributed by atoms with E-state index in [0.717, 1.165) is 31.2 Å². The molecule has 118 valence electrons. The molecule has 2 rings (SSSR count). The Hall–Kier alpha value is -1.06. The van der Waals surface area contributed by atoms with Crippen LogP contribution in [0.4, 0.5) is 0 Å². The standard InChI is InChI=1S/C18H30N2O/c1-4-15(2)17-14-20(12-7-11-19-17)13-10-16-8-5-6-9-18(16)21-3/h5-6,8-9,15,17,19H,4,7,10-14H2,1-3H3. The number of para-hydroxylation sites is 1. The quantitative estimate of drug-likeness (QED) is 0.872. The van der Waals surface area contributed by atoms with Gasteiger partial charge in [-0.2, -0.15) is 0 Å². The third kappa shape index (κ3) is 4.72. The minimum Gasteiger partial charge on any atom is -0.496 e. The van der Waals surface area contributed by atoms with E-state index < -0.39 is 0 Å². The molecule has 21 heavy (non-hydrogen) atoms. The van der Waals surface area contributed by atoms with Crippen LogP contribution in [0, 0.1) is 5.92 Å². The van der Waals surface area contributed by atoms with Crippen molar-refractivity contribution in [2.24, 2.45) is 5.92 Å². The molecular formula is C18H30N2O. The first kappa shape index (κ1) is 16.3. The largest absolute Gasteiger partial charge is 0.496 e. The summed E-state index contributed by atoms with van der Waals surface area (Å²) in [6.07, 6.45) is 3.56. The molecule has 1 aliphatic rings. The number of hydrogen-bond donors (Lipinski definition) is 1. The molecule has 0 spiro atoms. The van der Waals surface area contributed by atoms with E-state index in [1.165, 1.54) is 31.5 Å². The van der Waals surface area contributed by atoms with Crippen molar-refractivity contribution in [1.82, 2.24) is 10.2 Å². The van der Waals surface area contributed by atoms with E-state index in [1.807, 2.05) is 6.07 Å². The molecule has 2 atom stereocenters. The number of benzene rings is 1. The summed E-state index contributed by atoms with van der Waals surface area (Å²) < 4.78 is 5.46. The molecule has 3 nitrogen and oxygen atoms in total. The second-order valence-corrected chi connectivity index (χ2v) is 6.16. The van der Waals surface area contributed by atoms with Gasteiger partial charge in [0.05, 0.1) is 7.11 Å². The number of nitrogens with one attached hydrogen (secondary N) is 1. The van der Waals surface area contributed by atoms with Crippen LogP contribution in [-0.2, 0) is 6.42 Å². The van der Waals surface area contributed by atoms with Crippen LogP contribution in [-0.4, -0.2) is 44.2 Å². The fourth-order valence-electron chi connectivity index (χ4n) is 3.08. The highest BCUT2D eigenvalue weighted by molar-refractivity contribution is 5.33. The predicted octanol–water partition coefficient (Wildman–Crippen LogP) is 2.95. The third-order valence-electron chi connectivity index (χ3n) is 4.73. The maximum Gasteiger partial charge on any atom is 0.122 e. The summed E-state index contributed by atoms with van der Waals surface area (Å²) in [5.74, 6) is 1.76. The summed E-state index contributed by atoms with van der Waals surface area (Å²) in [5, 5.41) is 3.72. The van der Waals surface area contributed by atoms with Gasteiger partial charge in [0.1, 0.15) is 5.75 Å². The number of nitrogens with zero attached hydrogens (tertiary/aromatic N) is 1. The van der Waals surface area contributed by atoms with Gasteiger partial charge in [0.15, 0.2) is 0 Å². The second-order valence-electron chi connectivity index (χ2n) is 6.16. The molecule has 1 aliphatic heterocycles. The zero-order valence-corrected chi connectivity index (χ0v) is 13.8. The molecule has 1 aromatic carbocycles. The van der Waals surface area contributed by atoms with Gasteiger partial charge in [0, 0.05) is 19.1 Å². The Bertz CT molecular complexity index is 421. The predicted molar refractivity (Wildman–Crippen MR) is 89.0 cm³/mol. The average molecular weight is 290 g/mol. The average Bonchev–Trinajstić information content (AvgIpc) is 2.78. The van der Waals surface area contributed by atoms with Crippen molar-refractivity contribution < 1.29 is 4.74 Å². The monoisotopic (exact) mass is 290 g/mol. The SMILES string of the molecule is CCC(C)C1CN(CCc2ccccc2OC)CCCN1. The van der Waals surface area contributed by atoms with Gasteiger partial charge in [-0.15, -0.1) is 0 Å². The fourth-order valence-corrected chi connectivity index (χ4v) is 3.08. The van der Waals surface area contributed by atoms with Crippen LogP contribution < -0.4 is 10.1 Å². The molecule has 0 bridgehead atoms. The molecule has 0 aliphatic carbocycles. The summed E-state index contributed by atoms with van der Waals surface area (Å²) >= 11 is 0. The van der Waals surface area contributed by atoms with E-state index in [1.54, 1.807) is 7.11 Å². The number of methoxy groups -OCH3 is 1. The molecule has 1 heterocycles. The molecular weight excluding hydrogens is 260 g/mol. The lowest BCUT2D eigenvalue weighted by Crippen LogP contribution is -2.42. The highest BCUT2D eigenvalue weighted by atomic mass is 16.5. The van der Waals surface area contributed by atoms with E-state index in [2.05, 4.69) is 42.3 Å². The van der Waals surface area contributed by atoms with Crippen LogP contribution >= 0.6 is 0 Å². The van der Waals surface area contributed by atoms with Crippen molar-refractivity contribution >= 4 is 0 Å². The summed E-state index contributed by atoms with van der Waals surface area (Å²) in [7, 11) is 1.76. The Labute approximate surface area is 129 Å². The summed E-state index contributed by atoms with van der Waals surface area (Å²) in [4.78, 5) is 2.61. The Morgan fingerprint density at radius 1 is 1.38 bits per heavy atom. The molecule has 3 heteroatoms. The lowest BCUT2D eigenvalue weighted by molar-refractivity contribution is 0.240. The molecule has 2 unspecified atom stereocenters. The summed E-state index contributed by atoms with van der Waals surface area (Å²) in [6, 6.07) is 9.01. The Morgan fingerprint density at radius 2 is 2.19 bits per heavy atom. The van der Waals surface area contributed by atoms with E-state index in [-0.39, 0.29) is 0 Å². The first-order valence-corrected chi connectivity index (χ1v) is 8.32. The van der Waals surface area contributed by atoms with Gasteiger partial charge in [0.25, 0.3) is 0 Å². The molecule has 0 saturated carbocycles. The molecule has 0 aromatic heterocycles. The summed E-state index contributed by atoms with van der Waals surface area (Å²) in [5.41, 5.74) is 1.32. The normalized spacial score (nSPS) is 21.8. The molecule has 1 aromatic rings. The van der Waals surface area contributed by atoms with Gasteiger partial charge < -0.3 is 15.0 Å². The molecule has 1 N–H and O–H groups in total. The van der Waals surface area contributed by atoms with Crippen molar-refractivity contribution in [1.29, 1.82) is 0 Å². The smallest absolute Gasteiger partial charge is 0.122 e.